The van der Waals surface area contributed by atoms with E-state index in [1.807, 2.05) is 55.8 Å². The molecular weight excluding hydrogens is 490 g/mol. The molecule has 0 fully saturated rings. The lowest BCUT2D eigenvalue weighted by molar-refractivity contribution is 0.0725. The van der Waals surface area contributed by atoms with Crippen LogP contribution >= 0.6 is 11.6 Å². The number of rotatable bonds is 11. The van der Waals surface area contributed by atoms with Crippen molar-refractivity contribution in [3.63, 3.8) is 0 Å². The average Bonchev–Trinajstić information content (AvgIpc) is 3.42. The Balaban J connectivity index is 1.65. The molecule has 4 rings (SSSR count). The van der Waals surface area contributed by atoms with Crippen LogP contribution in [0.2, 0.25) is 0 Å². The number of carbonyl (C=O) groups is 2. The summed E-state index contributed by atoms with van der Waals surface area (Å²) in [5.41, 5.74) is 3.87. The highest BCUT2D eigenvalue weighted by molar-refractivity contribution is 6.28. The molecule has 8 nitrogen and oxygen atoms in total. The van der Waals surface area contributed by atoms with Crippen LogP contribution in [0, 0.1) is 5.41 Å². The van der Waals surface area contributed by atoms with E-state index in [9.17, 15) is 9.59 Å². The number of alkyl halides is 1. The first kappa shape index (κ1) is 26.7. The third-order valence-electron chi connectivity index (χ3n) is 6.96. The average molecular weight is 524 g/mol. The van der Waals surface area contributed by atoms with E-state index in [2.05, 4.69) is 5.32 Å². The SMILES string of the molecule is COc1cccc2c1nc([C@H](CCCCC(=N)CCl)NC(=O)c1cccc3c1C(=O)N(C(C)C)C3)n2C. The highest BCUT2D eigenvalue weighted by Gasteiger charge is 2.34. The zero-order valence-corrected chi connectivity index (χ0v) is 22.6. The molecule has 9 heteroatoms. The normalized spacial score (nSPS) is 13.8. The number of aryl methyl sites for hydroxylation is 1. The number of methoxy groups -OCH3 is 1. The summed E-state index contributed by atoms with van der Waals surface area (Å²) in [6.45, 7) is 4.46. The van der Waals surface area contributed by atoms with Gasteiger partial charge in [0.2, 0.25) is 0 Å². The predicted octanol–water partition coefficient (Wildman–Crippen LogP) is 5.24. The van der Waals surface area contributed by atoms with Crippen molar-refractivity contribution in [1.29, 1.82) is 5.41 Å². The van der Waals surface area contributed by atoms with Crippen molar-refractivity contribution < 1.29 is 14.3 Å². The zero-order valence-electron chi connectivity index (χ0n) is 21.8. The van der Waals surface area contributed by atoms with Gasteiger partial charge in [-0.2, -0.15) is 0 Å². The van der Waals surface area contributed by atoms with Gasteiger partial charge < -0.3 is 24.9 Å². The summed E-state index contributed by atoms with van der Waals surface area (Å²) < 4.78 is 7.49. The number of benzene rings is 2. The highest BCUT2D eigenvalue weighted by Crippen LogP contribution is 2.31. The molecule has 2 aromatic carbocycles. The van der Waals surface area contributed by atoms with Crippen LogP contribution in [0.5, 0.6) is 5.75 Å². The third kappa shape index (κ3) is 5.34. The Morgan fingerprint density at radius 3 is 2.68 bits per heavy atom. The molecular formula is C28H34ClN5O3. The van der Waals surface area contributed by atoms with Crippen LogP contribution in [0.15, 0.2) is 36.4 Å². The second-order valence-corrected chi connectivity index (χ2v) is 10.00. The molecule has 1 aliphatic heterocycles. The number of hydrogen-bond donors (Lipinski definition) is 2. The topological polar surface area (TPSA) is 100 Å². The number of para-hydroxylation sites is 1. The summed E-state index contributed by atoms with van der Waals surface area (Å²) in [4.78, 5) is 33.4. The fraction of sp³-hybridized carbons (Fsp3) is 0.429. The van der Waals surface area contributed by atoms with E-state index in [0.717, 1.165) is 29.4 Å². The van der Waals surface area contributed by atoms with Crippen LogP contribution in [0.1, 0.15) is 77.7 Å². The number of carbonyl (C=O) groups excluding carboxylic acids is 2. The Kier molecular flexibility index (Phi) is 8.17. The zero-order chi connectivity index (χ0) is 26.7. The van der Waals surface area contributed by atoms with Crippen LogP contribution < -0.4 is 10.1 Å². The van der Waals surface area contributed by atoms with E-state index in [-0.39, 0.29) is 23.7 Å². The summed E-state index contributed by atoms with van der Waals surface area (Å²) in [6.07, 6.45) is 2.80. The maximum atomic E-state index is 13.7. The first-order valence-corrected chi connectivity index (χ1v) is 13.2. The lowest BCUT2D eigenvalue weighted by Gasteiger charge is -2.21. The van der Waals surface area contributed by atoms with E-state index in [4.69, 9.17) is 26.7 Å². The fourth-order valence-electron chi connectivity index (χ4n) is 4.93. The molecule has 0 radical (unpaired) electrons. The number of amides is 2. The minimum Gasteiger partial charge on any atom is -0.494 e. The Hall–Kier alpha value is -3.39. The molecule has 0 spiro atoms. The summed E-state index contributed by atoms with van der Waals surface area (Å²) in [5, 5.41) is 11.0. The highest BCUT2D eigenvalue weighted by atomic mass is 35.5. The van der Waals surface area contributed by atoms with E-state index < -0.39 is 6.04 Å². The van der Waals surface area contributed by atoms with Gasteiger partial charge in [0.1, 0.15) is 17.1 Å². The second kappa shape index (κ2) is 11.3. The monoisotopic (exact) mass is 523 g/mol. The Morgan fingerprint density at radius 1 is 1.22 bits per heavy atom. The van der Waals surface area contributed by atoms with Gasteiger partial charge in [-0.25, -0.2) is 4.98 Å². The lowest BCUT2D eigenvalue weighted by Crippen LogP contribution is -2.33. The standard InChI is InChI=1S/C28H34ClN5O3/c1-17(2)34-16-18-9-7-11-20(24(18)28(34)36)27(35)31-21(12-6-5-10-19(30)15-29)26-32-25-22(33(26)3)13-8-14-23(25)37-4/h7-9,11,13-14,17,21,30H,5-6,10,12,15-16H2,1-4H3,(H,31,35)/t21-/m0/s1. The van der Waals surface area contributed by atoms with Crippen molar-refractivity contribution in [2.45, 2.75) is 58.2 Å². The first-order valence-electron chi connectivity index (χ1n) is 12.6. The molecule has 2 amide bonds. The molecule has 2 heterocycles. The number of nitrogens with one attached hydrogen (secondary N) is 2. The molecule has 0 saturated heterocycles. The van der Waals surface area contributed by atoms with Gasteiger partial charge in [0, 0.05) is 25.3 Å². The van der Waals surface area contributed by atoms with Gasteiger partial charge in [0.05, 0.1) is 35.7 Å². The van der Waals surface area contributed by atoms with E-state index >= 15 is 0 Å². The van der Waals surface area contributed by atoms with Crippen LogP contribution in [-0.2, 0) is 13.6 Å². The first-order chi connectivity index (χ1) is 17.8. The Bertz CT molecular complexity index is 1330. The summed E-state index contributed by atoms with van der Waals surface area (Å²) in [6, 6.07) is 10.9. The van der Waals surface area contributed by atoms with Gasteiger partial charge in [0.25, 0.3) is 11.8 Å². The maximum Gasteiger partial charge on any atom is 0.255 e. The van der Waals surface area contributed by atoms with Crippen molar-refractivity contribution in [3.8, 4) is 5.75 Å². The van der Waals surface area contributed by atoms with Crippen molar-refractivity contribution >= 4 is 40.2 Å². The molecule has 0 saturated carbocycles. The quantitative estimate of drug-likeness (QED) is 0.204. The minimum atomic E-state index is -0.395. The van der Waals surface area contributed by atoms with Crippen molar-refractivity contribution in [2.24, 2.45) is 7.05 Å². The van der Waals surface area contributed by atoms with Crippen molar-refractivity contribution in [1.82, 2.24) is 19.8 Å². The molecule has 1 aliphatic rings. The minimum absolute atomic E-state index is 0.0465. The summed E-state index contributed by atoms with van der Waals surface area (Å²) in [7, 11) is 3.54. The van der Waals surface area contributed by atoms with Crippen LogP contribution in [0.4, 0.5) is 0 Å². The van der Waals surface area contributed by atoms with Crippen LogP contribution in [0.25, 0.3) is 11.0 Å². The molecule has 1 aromatic heterocycles. The van der Waals surface area contributed by atoms with Gasteiger partial charge in [-0.05, 0) is 56.9 Å². The van der Waals surface area contributed by atoms with Crippen LogP contribution in [0.3, 0.4) is 0 Å². The predicted molar refractivity (Wildman–Crippen MR) is 146 cm³/mol. The molecule has 0 bridgehead atoms. The maximum absolute atomic E-state index is 13.7. The van der Waals surface area contributed by atoms with E-state index in [1.165, 1.54) is 0 Å². The number of aromatic nitrogens is 2. The largest absolute Gasteiger partial charge is 0.494 e. The number of hydrogen-bond acceptors (Lipinski definition) is 5. The number of ether oxygens (including phenoxy) is 1. The molecule has 3 aromatic rings. The van der Waals surface area contributed by atoms with Gasteiger partial charge in [0.15, 0.2) is 0 Å². The molecule has 0 unspecified atom stereocenters. The molecule has 196 valence electrons. The third-order valence-corrected chi connectivity index (χ3v) is 7.29. The smallest absolute Gasteiger partial charge is 0.255 e. The number of nitrogens with zero attached hydrogens (tertiary/aromatic N) is 3. The number of imidazole rings is 1. The number of halogens is 1. The molecule has 0 aliphatic carbocycles. The molecule has 37 heavy (non-hydrogen) atoms. The van der Waals surface area contributed by atoms with Crippen molar-refractivity contribution in [3.05, 3.63) is 58.9 Å². The van der Waals surface area contributed by atoms with Gasteiger partial charge in [-0.15, -0.1) is 11.6 Å². The number of unbranched alkanes of at least 4 members (excludes halogenated alkanes) is 1. The Morgan fingerprint density at radius 2 is 1.97 bits per heavy atom. The second-order valence-electron chi connectivity index (χ2n) is 9.73. The molecule has 2 N–H and O–H groups in total. The number of fused-ring (bicyclic) bond motifs is 2. The van der Waals surface area contributed by atoms with E-state index in [0.29, 0.717) is 47.8 Å². The fourth-order valence-corrected chi connectivity index (χ4v) is 5.06. The van der Waals surface area contributed by atoms with Gasteiger partial charge in [-0.3, -0.25) is 9.59 Å². The van der Waals surface area contributed by atoms with Gasteiger partial charge >= 0.3 is 0 Å². The van der Waals surface area contributed by atoms with Crippen LogP contribution in [-0.4, -0.2) is 51.0 Å². The summed E-state index contributed by atoms with van der Waals surface area (Å²) in [5.74, 6) is 1.20. The summed E-state index contributed by atoms with van der Waals surface area (Å²) >= 11 is 5.77. The van der Waals surface area contributed by atoms with E-state index in [1.54, 1.807) is 18.1 Å². The lowest BCUT2D eigenvalue weighted by atomic mass is 10.0. The Labute approximate surface area is 222 Å². The van der Waals surface area contributed by atoms with Gasteiger partial charge in [-0.1, -0.05) is 24.6 Å². The molecule has 1 atom stereocenters. The van der Waals surface area contributed by atoms with Crippen molar-refractivity contribution in [2.75, 3.05) is 13.0 Å².